The first-order valence-electron chi connectivity index (χ1n) is 10.9. The number of ether oxygens (including phenoxy) is 1. The minimum atomic E-state index is -1.82. The van der Waals surface area contributed by atoms with Crippen LogP contribution in [0.2, 0.25) is 0 Å². The van der Waals surface area contributed by atoms with Gasteiger partial charge in [-0.3, -0.25) is 19.3 Å². The van der Waals surface area contributed by atoms with Gasteiger partial charge in [0.2, 0.25) is 0 Å². The smallest absolute Gasteiger partial charge is 0.408 e. The van der Waals surface area contributed by atoms with E-state index in [1.54, 1.807) is 30.3 Å². The lowest BCUT2D eigenvalue weighted by Crippen LogP contribution is -2.46. The molecule has 0 radical (unpaired) electrons. The van der Waals surface area contributed by atoms with Crippen LogP contribution in [0.4, 0.5) is 9.59 Å². The topological polar surface area (TPSA) is 208 Å². The zero-order chi connectivity index (χ0) is 26.8. The molecule has 36 heavy (non-hydrogen) atoms. The summed E-state index contributed by atoms with van der Waals surface area (Å²) in [7, 11) is 0. The summed E-state index contributed by atoms with van der Waals surface area (Å²) in [6.07, 6.45) is -2.08. The van der Waals surface area contributed by atoms with Crippen LogP contribution in [-0.2, 0) is 35.3 Å². The van der Waals surface area contributed by atoms with Crippen molar-refractivity contribution in [2.45, 2.75) is 50.8 Å². The first-order chi connectivity index (χ1) is 17.0. The Kier molecular flexibility index (Phi) is 9.89. The van der Waals surface area contributed by atoms with Crippen molar-refractivity contribution < 1.29 is 53.6 Å². The van der Waals surface area contributed by atoms with Crippen molar-refractivity contribution in [3.63, 3.8) is 0 Å². The molecular formula is C22H25N3O11. The van der Waals surface area contributed by atoms with E-state index in [4.69, 9.17) is 9.84 Å². The number of carboxylic acid groups (broad SMARTS) is 3. The first-order valence-corrected chi connectivity index (χ1v) is 10.9. The fourth-order valence-corrected chi connectivity index (χ4v) is 3.40. The lowest BCUT2D eigenvalue weighted by atomic mass is 10.1. The van der Waals surface area contributed by atoms with Gasteiger partial charge in [-0.05, 0) is 31.2 Å². The molecule has 0 saturated carbocycles. The third kappa shape index (κ3) is 7.51. The van der Waals surface area contributed by atoms with E-state index < -0.39 is 66.8 Å². The molecule has 1 aromatic rings. The molecule has 14 nitrogen and oxygen atoms in total. The Labute approximate surface area is 204 Å². The molecule has 1 saturated heterocycles. The molecular weight excluding hydrogens is 482 g/mol. The molecule has 2 rings (SSSR count). The highest BCUT2D eigenvalue weighted by Gasteiger charge is 2.49. The maximum atomic E-state index is 12.5. The van der Waals surface area contributed by atoms with Gasteiger partial charge in [-0.15, -0.1) is 0 Å². The van der Waals surface area contributed by atoms with Gasteiger partial charge >= 0.3 is 41.8 Å². The van der Waals surface area contributed by atoms with E-state index in [-0.39, 0.29) is 37.3 Å². The number of carboxylic acids is 3. The van der Waals surface area contributed by atoms with Crippen LogP contribution in [0.1, 0.15) is 37.7 Å². The fourth-order valence-electron chi connectivity index (χ4n) is 3.40. The highest BCUT2D eigenvalue weighted by atomic mass is 16.5. The monoisotopic (exact) mass is 507 g/mol. The van der Waals surface area contributed by atoms with Crippen molar-refractivity contribution in [3.05, 3.63) is 35.9 Å². The number of carbonyl (C=O) groups is 7. The fraction of sp³-hybridized carbons (Fsp3) is 0.409. The Morgan fingerprint density at radius 3 is 2.14 bits per heavy atom. The normalized spacial score (nSPS) is 14.9. The lowest BCUT2D eigenvalue weighted by molar-refractivity contribution is -0.150. The number of hydrogen-bond donors (Lipinski definition) is 4. The molecule has 1 fully saturated rings. The van der Waals surface area contributed by atoms with E-state index in [1.807, 2.05) is 0 Å². The van der Waals surface area contributed by atoms with E-state index in [0.29, 0.717) is 10.5 Å². The van der Waals surface area contributed by atoms with Gasteiger partial charge in [-0.25, -0.2) is 24.1 Å². The van der Waals surface area contributed by atoms with Crippen LogP contribution in [0.15, 0.2) is 30.3 Å². The van der Waals surface area contributed by atoms with Crippen LogP contribution in [0.5, 0.6) is 0 Å². The molecule has 0 aromatic heterocycles. The molecule has 0 aliphatic carbocycles. The number of benzene rings is 1. The second kappa shape index (κ2) is 12.8. The first kappa shape index (κ1) is 27.8. The summed E-state index contributed by atoms with van der Waals surface area (Å²) in [4.78, 5) is 83.2. The van der Waals surface area contributed by atoms with Crippen molar-refractivity contribution in [3.8, 4) is 0 Å². The van der Waals surface area contributed by atoms with Crippen molar-refractivity contribution in [2.24, 2.45) is 0 Å². The van der Waals surface area contributed by atoms with Gasteiger partial charge in [-0.1, -0.05) is 30.3 Å². The minimum Gasteiger partial charge on any atom is -0.481 e. The Morgan fingerprint density at radius 1 is 0.889 bits per heavy atom. The van der Waals surface area contributed by atoms with Crippen LogP contribution in [0, 0.1) is 0 Å². The average Bonchev–Trinajstić information content (AvgIpc) is 3.03. The van der Waals surface area contributed by atoms with Crippen LogP contribution in [-0.4, -0.2) is 85.6 Å². The number of nitrogens with zero attached hydrogens (tertiary/aromatic N) is 2. The number of urea groups is 1. The minimum absolute atomic E-state index is 0.0516. The molecule has 2 atom stereocenters. The second-order valence-electron chi connectivity index (χ2n) is 7.79. The number of nitrogens with one attached hydrogen (secondary N) is 1. The highest BCUT2D eigenvalue weighted by molar-refractivity contribution is 6.45. The summed E-state index contributed by atoms with van der Waals surface area (Å²) in [5, 5.41) is 29.6. The second-order valence-corrected chi connectivity index (χ2v) is 7.79. The van der Waals surface area contributed by atoms with Gasteiger partial charge < -0.3 is 25.4 Å². The predicted molar refractivity (Wildman–Crippen MR) is 117 cm³/mol. The standard InChI is InChI=1S/C22H25N3O11/c26-16(27)10-9-15(20(32)33)25-18(29)17(28)24(22(25)35)11-5-4-8-14(19(30)31)23-21(34)36-12-13-6-2-1-3-7-13/h1-3,6-7,14-15H,4-5,8-12H2,(H,23,34)(H,26,27)(H,30,31)(H,32,33)/t14-,15-/m0/s1. The van der Waals surface area contributed by atoms with Crippen LogP contribution in [0.25, 0.3) is 0 Å². The summed E-state index contributed by atoms with van der Waals surface area (Å²) in [5.41, 5.74) is 0.705. The zero-order valence-electron chi connectivity index (χ0n) is 19.0. The molecule has 0 unspecified atom stereocenters. The number of alkyl carbamates (subject to hydrolysis) is 1. The van der Waals surface area contributed by atoms with Gasteiger partial charge in [0.15, 0.2) is 0 Å². The van der Waals surface area contributed by atoms with Crippen molar-refractivity contribution in [2.75, 3.05) is 6.54 Å². The SMILES string of the molecule is O=C(O)CC[C@@H](C(=O)O)N1C(=O)C(=O)N(CCCC[C@H](NC(=O)OCc2ccccc2)C(=O)O)C1=O. The van der Waals surface area contributed by atoms with Crippen molar-refractivity contribution in [1.29, 1.82) is 0 Å². The quantitative estimate of drug-likeness (QED) is 0.156. The molecule has 194 valence electrons. The molecule has 0 bridgehead atoms. The maximum absolute atomic E-state index is 12.5. The Hall–Kier alpha value is -4.49. The average molecular weight is 507 g/mol. The van der Waals surface area contributed by atoms with Crippen molar-refractivity contribution in [1.82, 2.24) is 15.1 Å². The number of carbonyl (C=O) groups excluding carboxylic acids is 4. The van der Waals surface area contributed by atoms with E-state index >= 15 is 0 Å². The molecule has 4 N–H and O–H groups in total. The summed E-state index contributed by atoms with van der Waals surface area (Å²) in [6.45, 7) is -0.373. The van der Waals surface area contributed by atoms with Gasteiger partial charge in [0.05, 0.1) is 0 Å². The van der Waals surface area contributed by atoms with Gasteiger partial charge in [0.1, 0.15) is 18.7 Å². The number of aliphatic carboxylic acids is 3. The summed E-state index contributed by atoms with van der Waals surface area (Å²) < 4.78 is 4.99. The van der Waals surface area contributed by atoms with Crippen LogP contribution in [0.3, 0.4) is 0 Å². The number of unbranched alkanes of at least 4 members (excludes halogenated alkanes) is 1. The van der Waals surface area contributed by atoms with E-state index in [0.717, 1.165) is 0 Å². The summed E-state index contributed by atoms with van der Waals surface area (Å²) in [5.74, 6) is -6.96. The number of rotatable bonds is 14. The molecule has 14 heteroatoms. The molecule has 1 aliphatic heterocycles. The van der Waals surface area contributed by atoms with Crippen LogP contribution < -0.4 is 5.32 Å². The number of hydrogen-bond acceptors (Lipinski definition) is 8. The third-order valence-corrected chi connectivity index (χ3v) is 5.24. The van der Waals surface area contributed by atoms with Gasteiger partial charge in [0.25, 0.3) is 0 Å². The van der Waals surface area contributed by atoms with Crippen LogP contribution >= 0.6 is 0 Å². The highest BCUT2D eigenvalue weighted by Crippen LogP contribution is 2.20. The Balaban J connectivity index is 1.87. The van der Waals surface area contributed by atoms with E-state index in [2.05, 4.69) is 5.32 Å². The van der Waals surface area contributed by atoms with Gasteiger partial charge in [-0.2, -0.15) is 0 Å². The molecule has 5 amide bonds. The lowest BCUT2D eigenvalue weighted by Gasteiger charge is -2.21. The largest absolute Gasteiger partial charge is 0.481 e. The molecule has 1 heterocycles. The Morgan fingerprint density at radius 2 is 1.56 bits per heavy atom. The van der Waals surface area contributed by atoms with E-state index in [1.165, 1.54) is 0 Å². The number of imide groups is 2. The summed E-state index contributed by atoms with van der Waals surface area (Å²) >= 11 is 0. The molecule has 1 aromatic carbocycles. The van der Waals surface area contributed by atoms with Gasteiger partial charge in [0, 0.05) is 13.0 Å². The summed E-state index contributed by atoms with van der Waals surface area (Å²) in [6, 6.07) is 4.39. The molecule has 1 aliphatic rings. The molecule has 0 spiro atoms. The number of amides is 5. The van der Waals surface area contributed by atoms with E-state index in [9.17, 15) is 43.8 Å². The Bertz CT molecular complexity index is 1030. The third-order valence-electron chi connectivity index (χ3n) is 5.24. The predicted octanol–water partition coefficient (Wildman–Crippen LogP) is 0.645. The maximum Gasteiger partial charge on any atom is 0.408 e. The zero-order valence-corrected chi connectivity index (χ0v) is 19.0. The van der Waals surface area contributed by atoms with Crippen molar-refractivity contribution >= 4 is 41.8 Å².